The van der Waals surface area contributed by atoms with E-state index in [1.54, 1.807) is 6.20 Å². The lowest BCUT2D eigenvalue weighted by Crippen LogP contribution is -2.57. The molecule has 2 N–H and O–H groups in total. The number of hydrogen-bond acceptors (Lipinski definition) is 4. The molecule has 0 amide bonds. The number of aromatic amines is 1. The summed E-state index contributed by atoms with van der Waals surface area (Å²) in [5, 5.41) is 5.08. The molecule has 6 nitrogen and oxygen atoms in total. The van der Waals surface area contributed by atoms with Crippen LogP contribution >= 0.6 is 12.2 Å². The maximum atomic E-state index is 13.8. The molecular formula is C17H23FN5OS+. The van der Waals surface area contributed by atoms with Gasteiger partial charge in [-0.15, -0.1) is 0 Å². The molecule has 0 aromatic carbocycles. The first-order chi connectivity index (χ1) is 12.2. The van der Waals surface area contributed by atoms with Gasteiger partial charge >= 0.3 is 0 Å². The number of nitrogens with zero attached hydrogens (tertiary/aromatic N) is 3. The maximum Gasteiger partial charge on any atom is 0.272 e. The first-order valence-corrected chi connectivity index (χ1v) is 9.32. The minimum absolute atomic E-state index is 0.232. The summed E-state index contributed by atoms with van der Waals surface area (Å²) < 4.78 is 19.2. The minimum Gasteiger partial charge on any atom is -0.484 e. The number of pyridine rings is 1. The number of hydrazone groups is 1. The largest absolute Gasteiger partial charge is 0.484 e. The predicted octanol–water partition coefficient (Wildman–Crippen LogP) is 1.17. The Morgan fingerprint density at radius 3 is 3.20 bits per heavy atom. The molecule has 25 heavy (non-hydrogen) atoms. The Morgan fingerprint density at radius 2 is 2.28 bits per heavy atom. The van der Waals surface area contributed by atoms with E-state index >= 15 is 0 Å². The molecule has 0 bridgehead atoms. The van der Waals surface area contributed by atoms with Gasteiger partial charge < -0.3 is 9.64 Å². The summed E-state index contributed by atoms with van der Waals surface area (Å²) in [7, 11) is 0. The summed E-state index contributed by atoms with van der Waals surface area (Å²) in [6.45, 7) is 4.55. The molecule has 1 unspecified atom stereocenters. The molecule has 3 aliphatic heterocycles. The minimum atomic E-state index is -0.378. The Morgan fingerprint density at radius 1 is 1.36 bits per heavy atom. The summed E-state index contributed by atoms with van der Waals surface area (Å²) in [4.78, 5) is 7.79. The second-order valence-corrected chi connectivity index (χ2v) is 7.12. The number of H-pyrrole nitrogens is 1. The highest BCUT2D eigenvalue weighted by molar-refractivity contribution is 7.80. The molecular weight excluding hydrogens is 341 g/mol. The summed E-state index contributed by atoms with van der Waals surface area (Å²) in [6.07, 6.45) is 6.02. The number of hydrogen-bond donors (Lipinski definition) is 1. The second kappa shape index (κ2) is 7.21. The van der Waals surface area contributed by atoms with E-state index in [1.807, 2.05) is 0 Å². The van der Waals surface area contributed by atoms with Crippen molar-refractivity contribution < 1.29 is 14.1 Å². The fourth-order valence-corrected chi connectivity index (χ4v) is 4.04. The normalized spacial score (nSPS) is 25.1. The molecule has 3 aliphatic rings. The molecule has 8 heteroatoms. The van der Waals surface area contributed by atoms with Crippen LogP contribution in [0.1, 0.15) is 31.4 Å². The van der Waals surface area contributed by atoms with Crippen LogP contribution in [0.4, 0.5) is 4.39 Å². The molecule has 2 saturated heterocycles. The van der Waals surface area contributed by atoms with Gasteiger partial charge in [0.15, 0.2) is 17.1 Å². The Bertz CT molecular complexity index is 698. The van der Waals surface area contributed by atoms with Crippen LogP contribution in [-0.4, -0.2) is 59.5 Å². The molecule has 4 heterocycles. The molecule has 0 saturated carbocycles. The van der Waals surface area contributed by atoms with E-state index in [-0.39, 0.29) is 11.6 Å². The quantitative estimate of drug-likeness (QED) is 0.599. The molecule has 2 fully saturated rings. The summed E-state index contributed by atoms with van der Waals surface area (Å²) >= 11 is 5.53. The van der Waals surface area contributed by atoms with Gasteiger partial charge in [-0.2, -0.15) is 5.10 Å². The zero-order valence-corrected chi connectivity index (χ0v) is 14.9. The van der Waals surface area contributed by atoms with E-state index in [1.165, 1.54) is 31.9 Å². The van der Waals surface area contributed by atoms with E-state index in [0.717, 1.165) is 25.3 Å². The molecule has 0 aliphatic carbocycles. The van der Waals surface area contributed by atoms with Crippen LogP contribution in [0, 0.1) is 5.82 Å². The molecule has 0 radical (unpaired) electrons. The van der Waals surface area contributed by atoms with Crippen molar-refractivity contribution in [3.05, 3.63) is 23.8 Å². The average Bonchev–Trinajstić information content (AvgIpc) is 2.66. The van der Waals surface area contributed by atoms with Gasteiger partial charge in [0, 0.05) is 38.2 Å². The van der Waals surface area contributed by atoms with Crippen LogP contribution in [0.5, 0.6) is 5.75 Å². The van der Waals surface area contributed by atoms with Gasteiger partial charge in [0.05, 0.1) is 6.61 Å². The highest BCUT2D eigenvalue weighted by atomic mass is 32.1. The number of fused-ring (bicyclic) bond motifs is 2. The van der Waals surface area contributed by atoms with Crippen LogP contribution in [0.25, 0.3) is 0 Å². The summed E-state index contributed by atoms with van der Waals surface area (Å²) in [5.74, 6) is -0.145. The standard InChI is InChI=1S/C17H22FN5OS/c18-13-4-6-19-15-14(5-10-24-16(13)15)20-21-17(25)23-9-8-22-7-2-1-3-12(22)11-23/h4,6,12H,1-3,5,7-11H2,(H,21,25)/p+1/b20-14-. The maximum absolute atomic E-state index is 13.8. The number of nitrogens with one attached hydrogen (secondary N) is 2. The summed E-state index contributed by atoms with van der Waals surface area (Å²) in [6, 6.07) is 1.95. The van der Waals surface area contributed by atoms with E-state index in [2.05, 4.69) is 25.3 Å². The van der Waals surface area contributed by atoms with Crippen molar-refractivity contribution in [3.63, 3.8) is 0 Å². The number of aromatic nitrogens is 1. The van der Waals surface area contributed by atoms with Crippen LogP contribution in [0.3, 0.4) is 0 Å². The predicted molar refractivity (Wildman–Crippen MR) is 96.1 cm³/mol. The number of thiocarbonyl (C=S) groups is 1. The van der Waals surface area contributed by atoms with Crippen molar-refractivity contribution in [1.82, 2.24) is 15.2 Å². The van der Waals surface area contributed by atoms with E-state index in [4.69, 9.17) is 17.0 Å². The fourth-order valence-electron chi connectivity index (χ4n) is 3.83. The lowest BCUT2D eigenvalue weighted by Gasteiger charge is -2.44. The highest BCUT2D eigenvalue weighted by Gasteiger charge is 2.30. The van der Waals surface area contributed by atoms with Gasteiger partial charge in [-0.05, 0) is 31.6 Å². The van der Waals surface area contributed by atoms with Gasteiger partial charge in [-0.25, -0.2) is 9.37 Å². The van der Waals surface area contributed by atoms with Crippen molar-refractivity contribution in [2.24, 2.45) is 5.10 Å². The third-order valence-corrected chi connectivity index (χ3v) is 5.54. The van der Waals surface area contributed by atoms with Crippen LogP contribution in [-0.2, 0) is 0 Å². The second-order valence-electron chi connectivity index (χ2n) is 6.74. The van der Waals surface area contributed by atoms with Crippen molar-refractivity contribution in [3.8, 4) is 5.75 Å². The van der Waals surface area contributed by atoms with Gasteiger partial charge in [0.2, 0.25) is 5.75 Å². The number of piperazine rings is 1. The fraction of sp³-hybridized carbons (Fsp3) is 0.588. The SMILES string of the molecule is Fc1cc[nH+]c2c1OCC/C2=N/NC(=S)N1CCN2CCCCC2C1. The smallest absolute Gasteiger partial charge is 0.272 e. The van der Waals surface area contributed by atoms with Gasteiger partial charge in [0.1, 0.15) is 5.71 Å². The Kier molecular flexibility index (Phi) is 4.80. The lowest BCUT2D eigenvalue weighted by molar-refractivity contribution is -0.382. The monoisotopic (exact) mass is 364 g/mol. The van der Waals surface area contributed by atoms with Crippen molar-refractivity contribution in [1.29, 1.82) is 0 Å². The number of halogens is 1. The average molecular weight is 364 g/mol. The summed E-state index contributed by atoms with van der Waals surface area (Å²) in [5.41, 5.74) is 4.32. The van der Waals surface area contributed by atoms with Crippen molar-refractivity contribution >= 4 is 23.0 Å². The first kappa shape index (κ1) is 16.7. The van der Waals surface area contributed by atoms with E-state index < -0.39 is 0 Å². The van der Waals surface area contributed by atoms with Crippen LogP contribution < -0.4 is 15.1 Å². The molecule has 1 atom stereocenters. The highest BCUT2D eigenvalue weighted by Crippen LogP contribution is 2.24. The number of ether oxygens (including phenoxy) is 1. The van der Waals surface area contributed by atoms with Crippen molar-refractivity contribution in [2.75, 3.05) is 32.8 Å². The number of piperidine rings is 1. The third-order valence-electron chi connectivity index (χ3n) is 5.19. The Labute approximate surface area is 152 Å². The Balaban J connectivity index is 1.42. The zero-order chi connectivity index (χ0) is 17.2. The molecule has 1 aromatic heterocycles. The van der Waals surface area contributed by atoms with Gasteiger partial charge in [-0.1, -0.05) is 6.42 Å². The molecule has 0 spiro atoms. The van der Waals surface area contributed by atoms with Gasteiger partial charge in [-0.3, -0.25) is 10.3 Å². The molecule has 1 aromatic rings. The van der Waals surface area contributed by atoms with E-state index in [0.29, 0.717) is 29.9 Å². The van der Waals surface area contributed by atoms with Crippen LogP contribution in [0.2, 0.25) is 0 Å². The zero-order valence-electron chi connectivity index (χ0n) is 14.1. The third kappa shape index (κ3) is 3.46. The molecule has 4 rings (SSSR count). The van der Waals surface area contributed by atoms with E-state index in [9.17, 15) is 4.39 Å². The topological polar surface area (TPSA) is 54.2 Å². The van der Waals surface area contributed by atoms with Gasteiger partial charge in [0.25, 0.3) is 5.69 Å². The van der Waals surface area contributed by atoms with Crippen molar-refractivity contribution in [2.45, 2.75) is 31.7 Å². The van der Waals surface area contributed by atoms with Crippen LogP contribution in [0.15, 0.2) is 17.4 Å². The molecule has 134 valence electrons. The lowest BCUT2D eigenvalue weighted by atomic mass is 10.00. The first-order valence-electron chi connectivity index (χ1n) is 8.91. The Hall–Kier alpha value is -1.80. The number of rotatable bonds is 1.